The number of rotatable bonds is 6. The van der Waals surface area contributed by atoms with Crippen molar-refractivity contribution >= 4 is 5.97 Å². The van der Waals surface area contributed by atoms with Crippen LogP contribution in [0.25, 0.3) is 0 Å². The first kappa shape index (κ1) is 18.7. The van der Waals surface area contributed by atoms with E-state index in [1.807, 2.05) is 0 Å². The van der Waals surface area contributed by atoms with Crippen LogP contribution in [0.2, 0.25) is 0 Å². The molecule has 7 heteroatoms. The molecule has 1 heterocycles. The number of carbonyl (C=O) groups excluding carboxylic acids is 1. The maximum atomic E-state index is 11.9. The van der Waals surface area contributed by atoms with E-state index in [9.17, 15) is 15.0 Å². The first-order chi connectivity index (χ1) is 11.2. The van der Waals surface area contributed by atoms with Gasteiger partial charge in [0, 0.05) is 0 Å². The van der Waals surface area contributed by atoms with Gasteiger partial charge in [0.1, 0.15) is 30.7 Å². The molecule has 1 fully saturated rings. The molecule has 2 rings (SSSR count). The van der Waals surface area contributed by atoms with Crippen molar-refractivity contribution in [3.8, 4) is 5.75 Å². The maximum Gasteiger partial charge on any atom is 0.338 e. The Kier molecular flexibility index (Phi) is 5.82. The normalized spacial score (nSPS) is 25.1. The second kappa shape index (κ2) is 7.48. The lowest BCUT2D eigenvalue weighted by molar-refractivity contribution is -0.164. The smallest absolute Gasteiger partial charge is 0.338 e. The van der Waals surface area contributed by atoms with Crippen LogP contribution in [0.3, 0.4) is 0 Å². The summed E-state index contributed by atoms with van der Waals surface area (Å²) in [5, 5.41) is 20.3. The standard InChI is InChI=1S/C17H24O7/c1-10-15(24-17(2,3)23-10)14(19)13(18)9-22-16(20)11-5-7-12(21-4)8-6-11/h5-8,10,13-15,18-19H,9H2,1-4H3/t10-,13-,14+,15+/m1/s1. The highest BCUT2D eigenvalue weighted by Gasteiger charge is 2.44. The number of aliphatic hydroxyl groups excluding tert-OH is 2. The van der Waals surface area contributed by atoms with E-state index in [2.05, 4.69) is 0 Å². The largest absolute Gasteiger partial charge is 0.497 e. The second-order valence-electron chi connectivity index (χ2n) is 6.19. The molecular formula is C17H24O7. The van der Waals surface area contributed by atoms with Crippen molar-refractivity contribution in [1.29, 1.82) is 0 Å². The van der Waals surface area contributed by atoms with Gasteiger partial charge in [-0.2, -0.15) is 0 Å². The molecule has 1 aliphatic rings. The Balaban J connectivity index is 1.87. The number of methoxy groups -OCH3 is 1. The zero-order chi connectivity index (χ0) is 17.9. The van der Waals surface area contributed by atoms with Gasteiger partial charge in [-0.05, 0) is 45.0 Å². The van der Waals surface area contributed by atoms with E-state index in [4.69, 9.17) is 18.9 Å². The minimum absolute atomic E-state index is 0.326. The van der Waals surface area contributed by atoms with Crippen molar-refractivity contribution < 1.29 is 34.0 Å². The lowest BCUT2D eigenvalue weighted by atomic mass is 10.0. The predicted molar refractivity (Wildman–Crippen MR) is 84.8 cm³/mol. The zero-order valence-electron chi connectivity index (χ0n) is 14.3. The van der Waals surface area contributed by atoms with E-state index in [0.717, 1.165) is 0 Å². The van der Waals surface area contributed by atoms with Crippen LogP contribution < -0.4 is 4.74 Å². The number of aliphatic hydroxyl groups is 2. The third-order valence-corrected chi connectivity index (χ3v) is 3.79. The zero-order valence-corrected chi connectivity index (χ0v) is 14.3. The van der Waals surface area contributed by atoms with Crippen molar-refractivity contribution in [2.75, 3.05) is 13.7 Å². The van der Waals surface area contributed by atoms with Gasteiger partial charge in [0.05, 0.1) is 18.8 Å². The van der Waals surface area contributed by atoms with E-state index < -0.39 is 30.1 Å². The number of esters is 1. The minimum Gasteiger partial charge on any atom is -0.497 e. The van der Waals surface area contributed by atoms with Crippen LogP contribution in [-0.4, -0.2) is 60.1 Å². The van der Waals surface area contributed by atoms with Crippen molar-refractivity contribution in [3.05, 3.63) is 29.8 Å². The summed E-state index contributed by atoms with van der Waals surface area (Å²) in [7, 11) is 1.53. The molecule has 0 amide bonds. The molecule has 0 aromatic heterocycles. The molecule has 0 radical (unpaired) electrons. The highest BCUT2D eigenvalue weighted by Crippen LogP contribution is 2.30. The fourth-order valence-corrected chi connectivity index (χ4v) is 2.60. The molecule has 0 spiro atoms. The fourth-order valence-electron chi connectivity index (χ4n) is 2.60. The summed E-state index contributed by atoms with van der Waals surface area (Å²) in [5.74, 6) is -0.803. The molecule has 1 aromatic rings. The van der Waals surface area contributed by atoms with Crippen LogP contribution in [0.15, 0.2) is 24.3 Å². The number of hydrogen-bond acceptors (Lipinski definition) is 7. The van der Waals surface area contributed by atoms with Crippen molar-refractivity contribution in [1.82, 2.24) is 0 Å². The Hall–Kier alpha value is -1.67. The Morgan fingerprint density at radius 2 is 1.88 bits per heavy atom. The van der Waals surface area contributed by atoms with E-state index >= 15 is 0 Å². The molecule has 0 unspecified atom stereocenters. The topological polar surface area (TPSA) is 94.5 Å². The quantitative estimate of drug-likeness (QED) is 0.749. The number of hydrogen-bond donors (Lipinski definition) is 2. The third kappa shape index (κ3) is 4.45. The number of ether oxygens (including phenoxy) is 4. The summed E-state index contributed by atoms with van der Waals surface area (Å²) in [4.78, 5) is 11.9. The Morgan fingerprint density at radius 1 is 1.25 bits per heavy atom. The van der Waals surface area contributed by atoms with Crippen molar-refractivity contribution in [3.63, 3.8) is 0 Å². The van der Waals surface area contributed by atoms with Crippen LogP contribution in [-0.2, 0) is 14.2 Å². The first-order valence-corrected chi connectivity index (χ1v) is 7.76. The lowest BCUT2D eigenvalue weighted by Crippen LogP contribution is -2.44. The maximum absolute atomic E-state index is 11.9. The van der Waals surface area contributed by atoms with Gasteiger partial charge in [-0.15, -0.1) is 0 Å². The van der Waals surface area contributed by atoms with Crippen LogP contribution in [0.5, 0.6) is 5.75 Å². The molecule has 7 nitrogen and oxygen atoms in total. The van der Waals surface area contributed by atoms with Gasteiger partial charge in [-0.25, -0.2) is 4.79 Å². The Morgan fingerprint density at radius 3 is 2.38 bits per heavy atom. The van der Waals surface area contributed by atoms with E-state index in [1.165, 1.54) is 7.11 Å². The van der Waals surface area contributed by atoms with Gasteiger partial charge in [0.25, 0.3) is 0 Å². The Labute approximate surface area is 141 Å². The van der Waals surface area contributed by atoms with E-state index in [-0.39, 0.29) is 12.7 Å². The van der Waals surface area contributed by atoms with Gasteiger partial charge in [-0.1, -0.05) is 0 Å². The molecule has 4 atom stereocenters. The summed E-state index contributed by atoms with van der Waals surface area (Å²) in [6.07, 6.45) is -3.60. The third-order valence-electron chi connectivity index (χ3n) is 3.79. The highest BCUT2D eigenvalue weighted by atomic mass is 16.8. The summed E-state index contributed by atoms with van der Waals surface area (Å²) in [6, 6.07) is 6.38. The first-order valence-electron chi connectivity index (χ1n) is 7.76. The second-order valence-corrected chi connectivity index (χ2v) is 6.19. The lowest BCUT2D eigenvalue weighted by Gasteiger charge is -2.25. The van der Waals surface area contributed by atoms with Crippen molar-refractivity contribution in [2.45, 2.75) is 51.0 Å². The molecule has 0 aliphatic carbocycles. The molecule has 0 bridgehead atoms. The average molecular weight is 340 g/mol. The Bertz CT molecular complexity index is 555. The summed E-state index contributed by atoms with van der Waals surface area (Å²) in [5.41, 5.74) is 0.326. The average Bonchev–Trinajstić information content (AvgIpc) is 2.84. The molecule has 0 saturated carbocycles. The molecule has 24 heavy (non-hydrogen) atoms. The molecule has 1 aromatic carbocycles. The highest BCUT2D eigenvalue weighted by molar-refractivity contribution is 5.89. The van der Waals surface area contributed by atoms with Gasteiger partial charge in [-0.3, -0.25) is 0 Å². The van der Waals surface area contributed by atoms with E-state index in [0.29, 0.717) is 11.3 Å². The van der Waals surface area contributed by atoms with Crippen molar-refractivity contribution in [2.24, 2.45) is 0 Å². The summed E-state index contributed by atoms with van der Waals surface area (Å²) in [6.45, 7) is 4.86. The number of carbonyl (C=O) groups is 1. The van der Waals surface area contributed by atoms with Gasteiger partial charge in [0.2, 0.25) is 0 Å². The van der Waals surface area contributed by atoms with Gasteiger partial charge >= 0.3 is 5.97 Å². The molecule has 2 N–H and O–H groups in total. The monoisotopic (exact) mass is 340 g/mol. The molecule has 134 valence electrons. The van der Waals surface area contributed by atoms with Gasteiger partial charge < -0.3 is 29.2 Å². The molecular weight excluding hydrogens is 316 g/mol. The van der Waals surface area contributed by atoms with Crippen LogP contribution in [0, 0.1) is 0 Å². The summed E-state index contributed by atoms with van der Waals surface area (Å²) >= 11 is 0. The van der Waals surface area contributed by atoms with Crippen LogP contribution >= 0.6 is 0 Å². The van der Waals surface area contributed by atoms with Crippen LogP contribution in [0.4, 0.5) is 0 Å². The van der Waals surface area contributed by atoms with Gasteiger partial charge in [0.15, 0.2) is 5.79 Å². The minimum atomic E-state index is -1.28. The summed E-state index contributed by atoms with van der Waals surface area (Å²) < 4.78 is 21.2. The van der Waals surface area contributed by atoms with E-state index in [1.54, 1.807) is 45.0 Å². The predicted octanol–water partition coefficient (Wildman–Crippen LogP) is 1.11. The fraction of sp³-hybridized carbons (Fsp3) is 0.588. The SMILES string of the molecule is COc1ccc(C(=O)OC[C@@H](O)[C@H](O)[C@H]2OC(C)(C)O[C@@H]2C)cc1. The van der Waals surface area contributed by atoms with Crippen LogP contribution in [0.1, 0.15) is 31.1 Å². The molecule has 1 saturated heterocycles. The molecule has 1 aliphatic heterocycles. The number of benzene rings is 1.